The summed E-state index contributed by atoms with van der Waals surface area (Å²) in [5.41, 5.74) is 3.89. The minimum absolute atomic E-state index is 0.0411. The predicted octanol–water partition coefficient (Wildman–Crippen LogP) is 1.72. The van der Waals surface area contributed by atoms with Crippen LogP contribution in [0.5, 0.6) is 0 Å². The van der Waals surface area contributed by atoms with Crippen molar-refractivity contribution in [3.05, 3.63) is 52.4 Å². The summed E-state index contributed by atoms with van der Waals surface area (Å²) < 4.78 is 5.07. The van der Waals surface area contributed by atoms with Gasteiger partial charge in [-0.15, -0.1) is 0 Å². The van der Waals surface area contributed by atoms with E-state index in [4.69, 9.17) is 4.74 Å². The number of methoxy groups -OCH3 is 1. The van der Waals surface area contributed by atoms with Crippen molar-refractivity contribution in [3.8, 4) is 0 Å². The number of nitrogens with zero attached hydrogens (tertiary/aromatic N) is 2. The van der Waals surface area contributed by atoms with Crippen molar-refractivity contribution in [3.63, 3.8) is 0 Å². The molecular weight excluding hydrogens is 370 g/mol. The Labute approximate surface area is 170 Å². The summed E-state index contributed by atoms with van der Waals surface area (Å²) in [6.07, 6.45) is 1.93. The SMILES string of the molecule is COC(=O)C1=C2C(=O)NCCN2C2=C(C(=O)CCC2)[C@H]1c1ccc(N(C)C)cc1. The molecule has 7 heteroatoms. The molecule has 1 saturated heterocycles. The number of hydrogen-bond acceptors (Lipinski definition) is 6. The quantitative estimate of drug-likeness (QED) is 0.785. The maximum absolute atomic E-state index is 13.0. The normalized spacial score (nSPS) is 21.5. The molecule has 1 amide bonds. The van der Waals surface area contributed by atoms with E-state index in [0.717, 1.165) is 29.8 Å². The molecule has 1 atom stereocenters. The smallest absolute Gasteiger partial charge is 0.337 e. The highest BCUT2D eigenvalue weighted by atomic mass is 16.5. The second kappa shape index (κ2) is 7.39. The third kappa shape index (κ3) is 3.10. The Bertz CT molecular complexity index is 943. The van der Waals surface area contributed by atoms with Crippen molar-refractivity contribution in [2.75, 3.05) is 39.2 Å². The van der Waals surface area contributed by atoms with Crippen LogP contribution in [-0.4, -0.2) is 56.9 Å². The number of ketones is 1. The highest BCUT2D eigenvalue weighted by Gasteiger charge is 2.45. The first-order chi connectivity index (χ1) is 13.9. The molecule has 29 heavy (non-hydrogen) atoms. The van der Waals surface area contributed by atoms with Crippen LogP contribution >= 0.6 is 0 Å². The molecule has 0 aromatic heterocycles. The molecule has 0 spiro atoms. The van der Waals surface area contributed by atoms with Gasteiger partial charge in [-0.25, -0.2) is 4.79 Å². The van der Waals surface area contributed by atoms with E-state index in [9.17, 15) is 14.4 Å². The minimum Gasteiger partial charge on any atom is -0.466 e. The zero-order valence-corrected chi connectivity index (χ0v) is 16.9. The molecule has 0 bridgehead atoms. The number of carbonyl (C=O) groups is 3. The fourth-order valence-electron chi connectivity index (χ4n) is 4.50. The Morgan fingerprint density at radius 2 is 1.90 bits per heavy atom. The van der Waals surface area contributed by atoms with Gasteiger partial charge in [0.15, 0.2) is 5.78 Å². The largest absolute Gasteiger partial charge is 0.466 e. The zero-order chi connectivity index (χ0) is 20.7. The molecule has 1 N–H and O–H groups in total. The molecular formula is C22H25N3O4. The molecule has 2 heterocycles. The molecule has 3 aliphatic rings. The number of benzene rings is 1. The molecule has 1 fully saturated rings. The lowest BCUT2D eigenvalue weighted by molar-refractivity contribution is -0.137. The van der Waals surface area contributed by atoms with Crippen molar-refractivity contribution < 1.29 is 19.1 Å². The molecule has 152 valence electrons. The number of Topliss-reactive ketones (excluding diaryl/α,β-unsaturated/α-hetero) is 1. The number of ether oxygens (including phenoxy) is 1. The number of amides is 1. The van der Waals surface area contributed by atoms with Gasteiger partial charge in [0.05, 0.1) is 12.7 Å². The fraction of sp³-hybridized carbons (Fsp3) is 0.409. The predicted molar refractivity (Wildman–Crippen MR) is 108 cm³/mol. The summed E-state index contributed by atoms with van der Waals surface area (Å²) in [7, 11) is 5.21. The van der Waals surface area contributed by atoms with Crippen LogP contribution in [0.4, 0.5) is 5.69 Å². The average molecular weight is 395 g/mol. The number of nitrogens with one attached hydrogen (secondary N) is 1. The van der Waals surface area contributed by atoms with Gasteiger partial charge < -0.3 is 19.9 Å². The summed E-state index contributed by atoms with van der Waals surface area (Å²) >= 11 is 0. The van der Waals surface area contributed by atoms with E-state index < -0.39 is 11.9 Å². The van der Waals surface area contributed by atoms with Crippen LogP contribution in [-0.2, 0) is 19.1 Å². The molecule has 1 aromatic rings. The first-order valence-electron chi connectivity index (χ1n) is 9.85. The Hall–Kier alpha value is -3.09. The van der Waals surface area contributed by atoms with E-state index in [2.05, 4.69) is 5.32 Å². The third-order valence-corrected chi connectivity index (χ3v) is 5.84. The standard InChI is InChI=1S/C22H25N3O4/c1-24(2)14-9-7-13(8-10-14)17-18-15(5-4-6-16(18)26)25-12-11-23-21(27)20(25)19(17)22(28)29-3/h7-10,17H,4-6,11-12H2,1-3H3,(H,23,27)/t17-/m1/s1. The van der Waals surface area contributed by atoms with Crippen LogP contribution < -0.4 is 10.2 Å². The number of hydrogen-bond donors (Lipinski definition) is 1. The van der Waals surface area contributed by atoms with E-state index in [0.29, 0.717) is 30.8 Å². The molecule has 0 unspecified atom stereocenters. The van der Waals surface area contributed by atoms with Gasteiger partial charge in [-0.05, 0) is 30.5 Å². The van der Waals surface area contributed by atoms with Gasteiger partial charge >= 0.3 is 5.97 Å². The van der Waals surface area contributed by atoms with Crippen LogP contribution in [0.2, 0.25) is 0 Å². The molecule has 1 aliphatic carbocycles. The summed E-state index contributed by atoms with van der Waals surface area (Å²) in [5, 5.41) is 2.83. The molecule has 7 nitrogen and oxygen atoms in total. The molecule has 4 rings (SSSR count). The Morgan fingerprint density at radius 3 is 2.55 bits per heavy atom. The van der Waals surface area contributed by atoms with Crippen LogP contribution in [0.1, 0.15) is 30.7 Å². The van der Waals surface area contributed by atoms with E-state index in [1.165, 1.54) is 7.11 Å². The molecule has 0 saturated carbocycles. The number of allylic oxidation sites excluding steroid dienone is 2. The van der Waals surface area contributed by atoms with Crippen LogP contribution in [0.3, 0.4) is 0 Å². The van der Waals surface area contributed by atoms with Gasteiger partial charge in [-0.1, -0.05) is 12.1 Å². The van der Waals surface area contributed by atoms with E-state index in [1.54, 1.807) is 0 Å². The van der Waals surface area contributed by atoms with Crippen molar-refractivity contribution in [1.82, 2.24) is 10.2 Å². The monoisotopic (exact) mass is 395 g/mol. The van der Waals surface area contributed by atoms with Gasteiger partial charge in [0.25, 0.3) is 5.91 Å². The maximum atomic E-state index is 13.0. The highest BCUT2D eigenvalue weighted by molar-refractivity contribution is 6.09. The molecule has 1 aromatic carbocycles. The van der Waals surface area contributed by atoms with Crippen LogP contribution in [0, 0.1) is 0 Å². The van der Waals surface area contributed by atoms with E-state index in [-0.39, 0.29) is 17.3 Å². The Morgan fingerprint density at radius 1 is 1.17 bits per heavy atom. The Balaban J connectivity index is 1.95. The van der Waals surface area contributed by atoms with Gasteiger partial charge in [0.2, 0.25) is 0 Å². The lowest BCUT2D eigenvalue weighted by atomic mass is 9.74. The first-order valence-corrected chi connectivity index (χ1v) is 9.85. The van der Waals surface area contributed by atoms with E-state index >= 15 is 0 Å². The van der Waals surface area contributed by atoms with Crippen molar-refractivity contribution in [2.24, 2.45) is 0 Å². The van der Waals surface area contributed by atoms with E-state index in [1.807, 2.05) is 48.2 Å². The van der Waals surface area contributed by atoms with Crippen molar-refractivity contribution in [2.45, 2.75) is 25.2 Å². The first kappa shape index (κ1) is 19.2. The van der Waals surface area contributed by atoms with Gasteiger partial charge in [0, 0.05) is 56.5 Å². The molecule has 0 radical (unpaired) electrons. The maximum Gasteiger partial charge on any atom is 0.337 e. The summed E-state index contributed by atoms with van der Waals surface area (Å²) in [5.74, 6) is -1.43. The zero-order valence-electron chi connectivity index (χ0n) is 16.9. The number of carbonyl (C=O) groups excluding carboxylic acids is 3. The average Bonchev–Trinajstić information content (AvgIpc) is 2.73. The summed E-state index contributed by atoms with van der Waals surface area (Å²) in [4.78, 5) is 42.6. The third-order valence-electron chi connectivity index (χ3n) is 5.84. The van der Waals surface area contributed by atoms with Crippen LogP contribution in [0.25, 0.3) is 0 Å². The number of anilines is 1. The lowest BCUT2D eigenvalue weighted by Crippen LogP contribution is -2.50. The summed E-state index contributed by atoms with van der Waals surface area (Å²) in [6, 6.07) is 7.75. The van der Waals surface area contributed by atoms with Gasteiger partial charge in [-0.3, -0.25) is 9.59 Å². The number of piperazine rings is 1. The Kier molecular flexibility index (Phi) is 4.90. The summed E-state index contributed by atoms with van der Waals surface area (Å²) in [6.45, 7) is 1.02. The topological polar surface area (TPSA) is 79.0 Å². The lowest BCUT2D eigenvalue weighted by Gasteiger charge is -2.43. The molecule has 2 aliphatic heterocycles. The number of esters is 1. The second-order valence-corrected chi connectivity index (χ2v) is 7.72. The minimum atomic E-state index is -0.600. The van der Waals surface area contributed by atoms with Crippen LogP contribution in [0.15, 0.2) is 46.8 Å². The van der Waals surface area contributed by atoms with Crippen molar-refractivity contribution in [1.29, 1.82) is 0 Å². The van der Waals surface area contributed by atoms with Gasteiger partial charge in [-0.2, -0.15) is 0 Å². The fourth-order valence-corrected chi connectivity index (χ4v) is 4.50. The highest BCUT2D eigenvalue weighted by Crippen LogP contribution is 2.46. The second-order valence-electron chi connectivity index (χ2n) is 7.72. The number of rotatable bonds is 3. The van der Waals surface area contributed by atoms with Gasteiger partial charge in [0.1, 0.15) is 5.70 Å². The van der Waals surface area contributed by atoms with Crippen molar-refractivity contribution >= 4 is 23.3 Å². The number of fused-ring (bicyclic) bond motifs is 2.